The summed E-state index contributed by atoms with van der Waals surface area (Å²) in [7, 11) is 0. The zero-order valence-electron chi connectivity index (χ0n) is 13.5. The average molecular weight is 354 g/mol. The van der Waals surface area contributed by atoms with Gasteiger partial charge in [0.25, 0.3) is 0 Å². The van der Waals surface area contributed by atoms with Gasteiger partial charge in [-0.3, -0.25) is 19.6 Å². The Bertz CT molecular complexity index is 779. The fourth-order valence-electron chi connectivity index (χ4n) is 2.25. The van der Waals surface area contributed by atoms with Gasteiger partial charge in [0, 0.05) is 5.69 Å². The minimum atomic E-state index is -2.93. The van der Waals surface area contributed by atoms with Gasteiger partial charge in [-0.2, -0.15) is 13.9 Å². The number of hydrogen-bond donors (Lipinski definition) is 1. The zero-order valence-corrected chi connectivity index (χ0v) is 13.5. The van der Waals surface area contributed by atoms with Crippen LogP contribution < -0.4 is 10.1 Å². The highest BCUT2D eigenvalue weighted by Crippen LogP contribution is 2.24. The number of amides is 1. The van der Waals surface area contributed by atoms with E-state index in [0.29, 0.717) is 17.7 Å². The van der Waals surface area contributed by atoms with E-state index in [1.807, 2.05) is 0 Å². The summed E-state index contributed by atoms with van der Waals surface area (Å²) in [5.41, 5.74) is 0.746. The molecular formula is C15H16F2N4O4. The number of nitro groups is 1. The van der Waals surface area contributed by atoms with E-state index in [2.05, 4.69) is 15.2 Å². The average Bonchev–Trinajstić information content (AvgIpc) is 3.00. The highest BCUT2D eigenvalue weighted by molar-refractivity contribution is 5.94. The van der Waals surface area contributed by atoms with E-state index >= 15 is 0 Å². The number of aryl methyl sites for hydroxylation is 1. The Kier molecular flexibility index (Phi) is 5.63. The first-order chi connectivity index (χ1) is 11.8. The summed E-state index contributed by atoms with van der Waals surface area (Å²) in [4.78, 5) is 22.6. The summed E-state index contributed by atoms with van der Waals surface area (Å²) >= 11 is 0. The van der Waals surface area contributed by atoms with Crippen molar-refractivity contribution < 1.29 is 23.2 Å². The lowest BCUT2D eigenvalue weighted by molar-refractivity contribution is -0.385. The molecular weight excluding hydrogens is 338 g/mol. The molecule has 0 aliphatic rings. The minimum absolute atomic E-state index is 0.0137. The number of ether oxygens (including phenoxy) is 1. The van der Waals surface area contributed by atoms with Crippen LogP contribution in [-0.2, 0) is 4.79 Å². The molecule has 1 N–H and O–H groups in total. The second-order valence-corrected chi connectivity index (χ2v) is 5.20. The van der Waals surface area contributed by atoms with Gasteiger partial charge < -0.3 is 10.1 Å². The Hall–Kier alpha value is -3.04. The summed E-state index contributed by atoms with van der Waals surface area (Å²) < 4.78 is 29.9. The fourth-order valence-corrected chi connectivity index (χ4v) is 2.25. The van der Waals surface area contributed by atoms with Gasteiger partial charge in [-0.1, -0.05) is 6.92 Å². The van der Waals surface area contributed by atoms with Crippen LogP contribution in [0.1, 0.15) is 24.9 Å². The van der Waals surface area contributed by atoms with Crippen molar-refractivity contribution in [3.8, 4) is 5.75 Å². The maximum Gasteiger partial charge on any atom is 0.387 e. The predicted octanol–water partition coefficient (Wildman–Crippen LogP) is 3.29. The van der Waals surface area contributed by atoms with Crippen LogP contribution in [0.3, 0.4) is 0 Å². The Morgan fingerprint density at radius 2 is 2.20 bits per heavy atom. The van der Waals surface area contributed by atoms with Gasteiger partial charge in [0.2, 0.25) is 5.91 Å². The number of nitrogens with one attached hydrogen (secondary N) is 1. The van der Waals surface area contributed by atoms with E-state index in [0.717, 1.165) is 6.20 Å². The van der Waals surface area contributed by atoms with Gasteiger partial charge in [0.05, 0.1) is 4.92 Å². The van der Waals surface area contributed by atoms with Crippen molar-refractivity contribution in [1.29, 1.82) is 0 Å². The second kappa shape index (κ2) is 7.69. The van der Waals surface area contributed by atoms with Crippen LogP contribution in [0.25, 0.3) is 0 Å². The number of carbonyl (C=O) groups excluding carboxylic acids is 1. The van der Waals surface area contributed by atoms with Crippen molar-refractivity contribution in [2.75, 3.05) is 5.32 Å². The highest BCUT2D eigenvalue weighted by atomic mass is 19.3. The first-order valence-corrected chi connectivity index (χ1v) is 7.36. The summed E-state index contributed by atoms with van der Waals surface area (Å²) in [6.07, 6.45) is 2.61. The molecule has 10 heteroatoms. The van der Waals surface area contributed by atoms with Crippen LogP contribution in [0.2, 0.25) is 0 Å². The van der Waals surface area contributed by atoms with Crippen molar-refractivity contribution in [1.82, 2.24) is 9.78 Å². The lowest BCUT2D eigenvalue weighted by atomic mass is 10.1. The van der Waals surface area contributed by atoms with Gasteiger partial charge in [-0.05, 0) is 37.1 Å². The number of hydrogen-bond acceptors (Lipinski definition) is 5. The van der Waals surface area contributed by atoms with Crippen molar-refractivity contribution in [2.24, 2.45) is 0 Å². The molecule has 8 nitrogen and oxygen atoms in total. The molecule has 2 aromatic rings. The van der Waals surface area contributed by atoms with Crippen LogP contribution in [0, 0.1) is 17.0 Å². The van der Waals surface area contributed by atoms with Gasteiger partial charge in [-0.15, -0.1) is 0 Å². The standard InChI is InChI=1S/C15H16F2N4O4/c1-3-13(20-8-10(7-18-20)21(23)24)14(22)19-12-5-4-11(6-9(12)2)25-15(16)17/h4-8,13,15H,3H2,1-2H3,(H,19,22). The Morgan fingerprint density at radius 1 is 1.48 bits per heavy atom. The summed E-state index contributed by atoms with van der Waals surface area (Å²) in [5.74, 6) is -0.439. The molecule has 1 amide bonds. The fraction of sp³-hybridized carbons (Fsp3) is 0.333. The van der Waals surface area contributed by atoms with Crippen molar-refractivity contribution in [3.05, 3.63) is 46.3 Å². The molecule has 1 aromatic carbocycles. The van der Waals surface area contributed by atoms with Crippen LogP contribution in [0.15, 0.2) is 30.6 Å². The van der Waals surface area contributed by atoms with Gasteiger partial charge in [0.1, 0.15) is 24.2 Å². The molecule has 0 saturated heterocycles. The smallest absolute Gasteiger partial charge is 0.387 e. The quantitative estimate of drug-likeness (QED) is 0.607. The van der Waals surface area contributed by atoms with E-state index in [-0.39, 0.29) is 11.4 Å². The molecule has 1 unspecified atom stereocenters. The molecule has 25 heavy (non-hydrogen) atoms. The molecule has 1 heterocycles. The number of rotatable bonds is 7. The molecule has 0 aliphatic carbocycles. The molecule has 0 bridgehead atoms. The summed E-state index contributed by atoms with van der Waals surface area (Å²) in [5, 5.41) is 17.2. The highest BCUT2D eigenvalue weighted by Gasteiger charge is 2.22. The van der Waals surface area contributed by atoms with Crippen molar-refractivity contribution in [3.63, 3.8) is 0 Å². The van der Waals surface area contributed by atoms with E-state index in [1.54, 1.807) is 13.8 Å². The molecule has 2 rings (SSSR count). The SMILES string of the molecule is CCC(C(=O)Nc1ccc(OC(F)F)cc1C)n1cc([N+](=O)[O-])cn1. The van der Waals surface area contributed by atoms with E-state index < -0.39 is 23.5 Å². The Balaban J connectivity index is 2.14. The normalized spacial score (nSPS) is 12.0. The number of carbonyl (C=O) groups is 1. The number of aromatic nitrogens is 2. The van der Waals surface area contributed by atoms with Gasteiger partial charge in [-0.25, -0.2) is 0 Å². The number of alkyl halides is 2. The molecule has 0 radical (unpaired) electrons. The van der Waals surface area contributed by atoms with E-state index in [4.69, 9.17) is 0 Å². The van der Waals surface area contributed by atoms with E-state index in [9.17, 15) is 23.7 Å². The first-order valence-electron chi connectivity index (χ1n) is 7.36. The molecule has 0 saturated carbocycles. The van der Waals surface area contributed by atoms with Crippen LogP contribution >= 0.6 is 0 Å². The predicted molar refractivity (Wildman–Crippen MR) is 84.7 cm³/mol. The molecule has 1 atom stereocenters. The van der Waals surface area contributed by atoms with E-state index in [1.165, 1.54) is 29.1 Å². The minimum Gasteiger partial charge on any atom is -0.435 e. The Labute approximate surface area is 141 Å². The molecule has 134 valence electrons. The lowest BCUT2D eigenvalue weighted by Crippen LogP contribution is -2.26. The third kappa shape index (κ3) is 4.49. The largest absolute Gasteiger partial charge is 0.435 e. The maximum absolute atomic E-state index is 12.4. The molecule has 0 aliphatic heterocycles. The number of benzene rings is 1. The summed E-state index contributed by atoms with van der Waals surface area (Å²) in [6.45, 7) is 0.442. The summed E-state index contributed by atoms with van der Waals surface area (Å²) in [6, 6.07) is 3.39. The van der Waals surface area contributed by atoms with Crippen LogP contribution in [-0.4, -0.2) is 27.2 Å². The van der Waals surface area contributed by atoms with Crippen LogP contribution in [0.4, 0.5) is 20.2 Å². The molecule has 0 spiro atoms. The lowest BCUT2D eigenvalue weighted by Gasteiger charge is -2.17. The van der Waals surface area contributed by atoms with Crippen LogP contribution in [0.5, 0.6) is 5.75 Å². The topological polar surface area (TPSA) is 99.3 Å². The first kappa shape index (κ1) is 18.3. The van der Waals surface area contributed by atoms with Crippen molar-refractivity contribution >= 4 is 17.3 Å². The maximum atomic E-state index is 12.4. The number of halogens is 2. The Morgan fingerprint density at radius 3 is 2.72 bits per heavy atom. The molecule has 1 aromatic heterocycles. The van der Waals surface area contributed by atoms with Gasteiger partial charge >= 0.3 is 12.3 Å². The monoisotopic (exact) mass is 354 g/mol. The zero-order chi connectivity index (χ0) is 18.6. The molecule has 0 fully saturated rings. The number of anilines is 1. The second-order valence-electron chi connectivity index (χ2n) is 5.20. The third-order valence-electron chi connectivity index (χ3n) is 3.49. The van der Waals surface area contributed by atoms with Crippen molar-refractivity contribution in [2.45, 2.75) is 32.9 Å². The number of nitrogens with zero attached hydrogens (tertiary/aromatic N) is 3. The van der Waals surface area contributed by atoms with Gasteiger partial charge in [0.15, 0.2) is 0 Å². The third-order valence-corrected chi connectivity index (χ3v) is 3.49.